The Morgan fingerprint density at radius 3 is 2.84 bits per heavy atom. The van der Waals surface area contributed by atoms with Crippen molar-refractivity contribution in [2.75, 3.05) is 13.1 Å². The molecule has 19 heavy (non-hydrogen) atoms. The number of ether oxygens (including phenoxy) is 1. The number of carbonyl (C=O) groups excluding carboxylic acids is 1. The van der Waals surface area contributed by atoms with Crippen LogP contribution in [0.2, 0.25) is 0 Å². The molecule has 104 valence electrons. The Labute approximate surface area is 118 Å². The molecule has 0 aromatic carbocycles. The molecule has 1 aromatic rings. The van der Waals surface area contributed by atoms with Crippen molar-refractivity contribution < 1.29 is 9.53 Å². The average molecular weight is 284 g/mol. The summed E-state index contributed by atoms with van der Waals surface area (Å²) < 4.78 is 5.36. The summed E-state index contributed by atoms with van der Waals surface area (Å²) in [6, 6.07) is 3.97. The number of pyridine rings is 1. The van der Waals surface area contributed by atoms with Gasteiger partial charge in [-0.05, 0) is 45.0 Å². The van der Waals surface area contributed by atoms with E-state index >= 15 is 0 Å². The number of rotatable bonds is 1. The number of fused-ring (bicyclic) bond motifs is 1. The fourth-order valence-electron chi connectivity index (χ4n) is 2.58. The number of hydrogen-bond acceptors (Lipinski definition) is 4. The van der Waals surface area contributed by atoms with E-state index in [2.05, 4.69) is 10.3 Å². The molecule has 1 aromatic heterocycles. The molecule has 2 aliphatic rings. The van der Waals surface area contributed by atoms with Gasteiger partial charge in [0.05, 0.1) is 6.54 Å². The lowest BCUT2D eigenvalue weighted by Gasteiger charge is -2.36. The van der Waals surface area contributed by atoms with Crippen LogP contribution in [0.4, 0.5) is 4.79 Å². The molecule has 1 fully saturated rings. The Kier molecular flexibility index (Phi) is 4.27. The molecule has 0 spiro atoms. The van der Waals surface area contributed by atoms with Crippen LogP contribution >= 0.6 is 12.4 Å². The normalized spacial score (nSPS) is 19.4. The topological polar surface area (TPSA) is 54.5 Å². The van der Waals surface area contributed by atoms with Crippen molar-refractivity contribution in [2.24, 2.45) is 0 Å². The third-order valence-electron chi connectivity index (χ3n) is 3.57. The minimum absolute atomic E-state index is 0. The van der Waals surface area contributed by atoms with Gasteiger partial charge in [-0.3, -0.25) is 9.88 Å². The van der Waals surface area contributed by atoms with E-state index in [-0.39, 0.29) is 24.5 Å². The Bertz CT molecular complexity index is 475. The van der Waals surface area contributed by atoms with Crippen molar-refractivity contribution in [3.8, 4) is 5.75 Å². The van der Waals surface area contributed by atoms with E-state index in [0.717, 1.165) is 37.3 Å². The average Bonchev–Trinajstić information content (AvgIpc) is 2.39. The maximum Gasteiger partial charge on any atom is 0.415 e. The summed E-state index contributed by atoms with van der Waals surface area (Å²) in [6.07, 6.45) is 1.73. The summed E-state index contributed by atoms with van der Waals surface area (Å²) in [4.78, 5) is 18.3. The van der Waals surface area contributed by atoms with E-state index in [9.17, 15) is 4.79 Å². The second-order valence-electron chi connectivity index (χ2n) is 4.87. The molecular weight excluding hydrogens is 266 g/mol. The number of nitrogens with one attached hydrogen (secondary N) is 1. The van der Waals surface area contributed by atoms with Crippen LogP contribution in [-0.4, -0.2) is 35.1 Å². The smallest absolute Gasteiger partial charge is 0.408 e. The van der Waals surface area contributed by atoms with Crippen molar-refractivity contribution in [2.45, 2.75) is 32.4 Å². The number of carbonyl (C=O) groups is 1. The first-order valence-corrected chi connectivity index (χ1v) is 6.40. The van der Waals surface area contributed by atoms with Gasteiger partial charge in [0.1, 0.15) is 5.69 Å². The second kappa shape index (κ2) is 5.75. The molecule has 0 saturated carbocycles. The molecule has 0 radical (unpaired) electrons. The molecule has 1 N–H and O–H groups in total. The van der Waals surface area contributed by atoms with Crippen LogP contribution in [0.1, 0.15) is 24.2 Å². The van der Waals surface area contributed by atoms with Gasteiger partial charge < -0.3 is 10.1 Å². The molecule has 0 bridgehead atoms. The van der Waals surface area contributed by atoms with Crippen LogP contribution in [0.5, 0.6) is 5.75 Å². The Balaban J connectivity index is 0.00000133. The van der Waals surface area contributed by atoms with E-state index in [1.165, 1.54) is 0 Å². The highest BCUT2D eigenvalue weighted by Crippen LogP contribution is 2.27. The minimum Gasteiger partial charge on any atom is -0.408 e. The summed E-state index contributed by atoms with van der Waals surface area (Å²) >= 11 is 0. The van der Waals surface area contributed by atoms with Gasteiger partial charge in [0.25, 0.3) is 0 Å². The monoisotopic (exact) mass is 283 g/mol. The highest BCUT2D eigenvalue weighted by Gasteiger charge is 2.32. The van der Waals surface area contributed by atoms with Crippen LogP contribution < -0.4 is 10.1 Å². The molecule has 1 amide bonds. The summed E-state index contributed by atoms with van der Waals surface area (Å²) in [6.45, 7) is 4.44. The van der Waals surface area contributed by atoms with Gasteiger partial charge in [0, 0.05) is 11.7 Å². The minimum atomic E-state index is -0.236. The first-order chi connectivity index (χ1) is 8.74. The van der Waals surface area contributed by atoms with Crippen LogP contribution in [0.25, 0.3) is 0 Å². The highest BCUT2D eigenvalue weighted by molar-refractivity contribution is 5.85. The Hall–Kier alpha value is -1.33. The zero-order valence-electron chi connectivity index (χ0n) is 10.9. The standard InChI is InChI=1S/C13H17N3O2.ClH/c1-9-2-3-12-11(15-9)8-16(13(17)18-12)10-4-6-14-7-5-10;/h2-3,10,14H,4-8H2,1H3;1H. The molecular formula is C13H18ClN3O2. The molecule has 1 saturated heterocycles. The lowest BCUT2D eigenvalue weighted by atomic mass is 10.0. The lowest BCUT2D eigenvalue weighted by molar-refractivity contribution is 0.102. The molecule has 6 heteroatoms. The number of halogens is 1. The zero-order chi connectivity index (χ0) is 12.5. The Morgan fingerprint density at radius 2 is 2.11 bits per heavy atom. The highest BCUT2D eigenvalue weighted by atomic mass is 35.5. The number of hydrogen-bond donors (Lipinski definition) is 1. The van der Waals surface area contributed by atoms with Gasteiger partial charge in [0.15, 0.2) is 5.75 Å². The van der Waals surface area contributed by atoms with E-state index in [1.807, 2.05) is 24.0 Å². The molecule has 5 nitrogen and oxygen atoms in total. The van der Waals surface area contributed by atoms with Gasteiger partial charge in [-0.2, -0.15) is 0 Å². The number of aromatic nitrogens is 1. The quantitative estimate of drug-likeness (QED) is 0.855. The predicted molar refractivity (Wildman–Crippen MR) is 73.7 cm³/mol. The maximum atomic E-state index is 12.0. The first-order valence-electron chi connectivity index (χ1n) is 6.40. The summed E-state index contributed by atoms with van der Waals surface area (Å²) in [5.74, 6) is 0.607. The van der Waals surface area contributed by atoms with Gasteiger partial charge >= 0.3 is 6.09 Å². The maximum absolute atomic E-state index is 12.0. The first kappa shape index (κ1) is 14.1. The molecule has 3 heterocycles. The van der Waals surface area contributed by atoms with Crippen LogP contribution in [0, 0.1) is 6.92 Å². The van der Waals surface area contributed by atoms with Crippen LogP contribution in [0.15, 0.2) is 12.1 Å². The third kappa shape index (κ3) is 2.82. The SMILES string of the molecule is Cc1ccc2c(n1)CN(C1CCNCC1)C(=O)O2.Cl. The van der Waals surface area contributed by atoms with Crippen molar-refractivity contribution in [1.82, 2.24) is 15.2 Å². The molecule has 2 aliphatic heterocycles. The third-order valence-corrected chi connectivity index (χ3v) is 3.57. The fraction of sp³-hybridized carbons (Fsp3) is 0.538. The number of amides is 1. The zero-order valence-corrected chi connectivity index (χ0v) is 11.7. The number of piperidine rings is 1. The molecule has 0 atom stereocenters. The van der Waals surface area contributed by atoms with Crippen molar-refractivity contribution in [3.05, 3.63) is 23.5 Å². The van der Waals surface area contributed by atoms with E-state index in [4.69, 9.17) is 4.74 Å². The van der Waals surface area contributed by atoms with Crippen LogP contribution in [-0.2, 0) is 6.54 Å². The Morgan fingerprint density at radius 1 is 1.37 bits per heavy atom. The van der Waals surface area contributed by atoms with Gasteiger partial charge in [-0.1, -0.05) is 0 Å². The largest absolute Gasteiger partial charge is 0.415 e. The lowest BCUT2D eigenvalue weighted by Crippen LogP contribution is -2.48. The van der Waals surface area contributed by atoms with Gasteiger partial charge in [0.2, 0.25) is 0 Å². The summed E-state index contributed by atoms with van der Waals surface area (Å²) in [5.41, 5.74) is 1.82. The summed E-state index contributed by atoms with van der Waals surface area (Å²) in [7, 11) is 0. The molecule has 0 aliphatic carbocycles. The predicted octanol–water partition coefficient (Wildman–Crippen LogP) is 1.88. The second-order valence-corrected chi connectivity index (χ2v) is 4.87. The van der Waals surface area contributed by atoms with E-state index in [1.54, 1.807) is 0 Å². The van der Waals surface area contributed by atoms with E-state index in [0.29, 0.717) is 12.3 Å². The number of aryl methyl sites for hydroxylation is 1. The van der Waals surface area contributed by atoms with Gasteiger partial charge in [-0.15, -0.1) is 12.4 Å². The van der Waals surface area contributed by atoms with E-state index < -0.39 is 0 Å². The molecule has 0 unspecified atom stereocenters. The van der Waals surface area contributed by atoms with Crippen LogP contribution in [0.3, 0.4) is 0 Å². The number of nitrogens with zero attached hydrogens (tertiary/aromatic N) is 2. The van der Waals surface area contributed by atoms with Crippen molar-refractivity contribution in [3.63, 3.8) is 0 Å². The van der Waals surface area contributed by atoms with Gasteiger partial charge in [-0.25, -0.2) is 4.79 Å². The fourth-order valence-corrected chi connectivity index (χ4v) is 2.58. The summed E-state index contributed by atoms with van der Waals surface area (Å²) in [5, 5.41) is 3.30. The van der Waals surface area contributed by atoms with Crippen molar-refractivity contribution >= 4 is 18.5 Å². The molecule has 3 rings (SSSR count). The van der Waals surface area contributed by atoms with Crippen molar-refractivity contribution in [1.29, 1.82) is 0 Å².